The van der Waals surface area contributed by atoms with Crippen LogP contribution in [0.25, 0.3) is 11.4 Å². The third-order valence-corrected chi connectivity index (χ3v) is 3.81. The predicted octanol–water partition coefficient (Wildman–Crippen LogP) is 2.11. The summed E-state index contributed by atoms with van der Waals surface area (Å²) in [4.78, 5) is 27.9. The van der Waals surface area contributed by atoms with Gasteiger partial charge < -0.3 is 19.9 Å². The van der Waals surface area contributed by atoms with Crippen molar-refractivity contribution in [2.45, 2.75) is 6.92 Å². The van der Waals surface area contributed by atoms with E-state index in [9.17, 15) is 14.0 Å². The number of carbonyl (C=O) groups excluding carboxylic acids is 2. The van der Waals surface area contributed by atoms with E-state index in [1.807, 2.05) is 31.2 Å². The van der Waals surface area contributed by atoms with E-state index < -0.39 is 5.91 Å². The Hall–Kier alpha value is -3.75. The molecule has 3 aromatic rings. The highest BCUT2D eigenvalue weighted by Gasteiger charge is 2.15. The second-order valence-electron chi connectivity index (χ2n) is 6.14. The normalized spacial score (nSPS) is 10.4. The molecule has 150 valence electrons. The summed E-state index contributed by atoms with van der Waals surface area (Å²) in [7, 11) is 0. The molecule has 0 bridgehead atoms. The van der Waals surface area contributed by atoms with Crippen molar-refractivity contribution in [3.63, 3.8) is 0 Å². The van der Waals surface area contributed by atoms with E-state index in [1.54, 1.807) is 0 Å². The molecule has 0 unspecified atom stereocenters. The van der Waals surface area contributed by atoms with E-state index in [-0.39, 0.29) is 37.3 Å². The SMILES string of the molecule is Cc1cccc(-c2noc(C(=O)NCCNC(=O)COc3ccc(F)cc3)n2)c1. The number of rotatable bonds is 8. The Morgan fingerprint density at radius 1 is 1.10 bits per heavy atom. The van der Waals surface area contributed by atoms with Gasteiger partial charge in [-0.3, -0.25) is 9.59 Å². The Morgan fingerprint density at radius 2 is 1.86 bits per heavy atom. The van der Waals surface area contributed by atoms with Crippen LogP contribution >= 0.6 is 0 Å². The maximum atomic E-state index is 12.8. The molecule has 0 fully saturated rings. The zero-order chi connectivity index (χ0) is 20.6. The lowest BCUT2D eigenvalue weighted by atomic mass is 10.1. The number of nitrogens with one attached hydrogen (secondary N) is 2. The summed E-state index contributed by atoms with van der Waals surface area (Å²) in [5.41, 5.74) is 1.79. The first-order chi connectivity index (χ1) is 14.0. The fourth-order valence-electron chi connectivity index (χ4n) is 2.40. The smallest absolute Gasteiger partial charge is 0.316 e. The molecule has 0 aliphatic carbocycles. The van der Waals surface area contributed by atoms with E-state index in [4.69, 9.17) is 9.26 Å². The minimum absolute atomic E-state index is 0.160. The summed E-state index contributed by atoms with van der Waals surface area (Å²) in [6, 6.07) is 12.9. The molecule has 0 saturated heterocycles. The topological polar surface area (TPSA) is 106 Å². The molecule has 3 rings (SSSR count). The summed E-state index contributed by atoms with van der Waals surface area (Å²) in [5, 5.41) is 8.97. The zero-order valence-corrected chi connectivity index (χ0v) is 15.6. The van der Waals surface area contributed by atoms with Crippen LogP contribution in [0.4, 0.5) is 4.39 Å². The summed E-state index contributed by atoms with van der Waals surface area (Å²) in [6.07, 6.45) is 0. The van der Waals surface area contributed by atoms with Crippen molar-refractivity contribution in [2.24, 2.45) is 0 Å². The molecule has 2 N–H and O–H groups in total. The van der Waals surface area contributed by atoms with Crippen molar-refractivity contribution < 1.29 is 23.2 Å². The Balaban J connectivity index is 1.38. The molecular formula is C20H19FN4O4. The van der Waals surface area contributed by atoms with Gasteiger partial charge in [0.05, 0.1) is 0 Å². The fraction of sp³-hybridized carbons (Fsp3) is 0.200. The number of carbonyl (C=O) groups is 2. The molecule has 0 saturated carbocycles. The van der Waals surface area contributed by atoms with E-state index in [0.29, 0.717) is 11.6 Å². The van der Waals surface area contributed by atoms with E-state index in [1.165, 1.54) is 24.3 Å². The van der Waals surface area contributed by atoms with Gasteiger partial charge in [-0.1, -0.05) is 28.9 Å². The third kappa shape index (κ3) is 5.86. The van der Waals surface area contributed by atoms with Gasteiger partial charge in [-0.2, -0.15) is 4.98 Å². The molecule has 9 heteroatoms. The first-order valence-corrected chi connectivity index (χ1v) is 8.85. The van der Waals surface area contributed by atoms with Gasteiger partial charge in [-0.15, -0.1) is 0 Å². The Bertz CT molecular complexity index is 988. The van der Waals surface area contributed by atoms with Crippen LogP contribution in [0.5, 0.6) is 5.75 Å². The molecule has 0 aliphatic rings. The molecule has 1 heterocycles. The second kappa shape index (κ2) is 9.45. The van der Waals surface area contributed by atoms with Gasteiger partial charge in [0.2, 0.25) is 5.82 Å². The average Bonchev–Trinajstić information content (AvgIpc) is 3.21. The van der Waals surface area contributed by atoms with Gasteiger partial charge in [0.25, 0.3) is 5.91 Å². The largest absolute Gasteiger partial charge is 0.484 e. The van der Waals surface area contributed by atoms with Crippen LogP contribution in [-0.4, -0.2) is 41.7 Å². The lowest BCUT2D eigenvalue weighted by Gasteiger charge is -2.07. The first-order valence-electron chi connectivity index (χ1n) is 8.85. The van der Waals surface area contributed by atoms with Crippen LogP contribution in [0.1, 0.15) is 16.2 Å². The van der Waals surface area contributed by atoms with Gasteiger partial charge in [0.1, 0.15) is 11.6 Å². The van der Waals surface area contributed by atoms with E-state index >= 15 is 0 Å². The van der Waals surface area contributed by atoms with Crippen LogP contribution in [0.3, 0.4) is 0 Å². The summed E-state index contributed by atoms with van der Waals surface area (Å²) >= 11 is 0. The molecule has 2 amide bonds. The molecule has 8 nitrogen and oxygen atoms in total. The van der Waals surface area contributed by atoms with Gasteiger partial charge in [0, 0.05) is 18.7 Å². The van der Waals surface area contributed by atoms with Crippen molar-refractivity contribution in [1.29, 1.82) is 0 Å². The Kier molecular flexibility index (Phi) is 6.51. The molecule has 0 atom stereocenters. The average molecular weight is 398 g/mol. The first kappa shape index (κ1) is 20.0. The highest BCUT2D eigenvalue weighted by molar-refractivity contribution is 5.89. The van der Waals surface area contributed by atoms with Gasteiger partial charge in [-0.25, -0.2) is 4.39 Å². The van der Waals surface area contributed by atoms with E-state index in [2.05, 4.69) is 20.8 Å². The summed E-state index contributed by atoms with van der Waals surface area (Å²) in [6.45, 7) is 2.08. The third-order valence-electron chi connectivity index (χ3n) is 3.81. The number of ether oxygens (including phenoxy) is 1. The van der Waals surface area contributed by atoms with Crippen molar-refractivity contribution in [1.82, 2.24) is 20.8 Å². The Labute approximate surface area is 166 Å². The predicted molar refractivity (Wildman–Crippen MR) is 102 cm³/mol. The lowest BCUT2D eigenvalue weighted by molar-refractivity contribution is -0.123. The number of aryl methyl sites for hydroxylation is 1. The van der Waals surface area contributed by atoms with Gasteiger partial charge in [-0.05, 0) is 37.3 Å². The molecule has 0 spiro atoms. The zero-order valence-electron chi connectivity index (χ0n) is 15.6. The number of hydrogen-bond acceptors (Lipinski definition) is 6. The van der Waals surface area contributed by atoms with Crippen LogP contribution in [0, 0.1) is 12.7 Å². The maximum Gasteiger partial charge on any atom is 0.316 e. The van der Waals surface area contributed by atoms with Crippen molar-refractivity contribution in [2.75, 3.05) is 19.7 Å². The van der Waals surface area contributed by atoms with Crippen molar-refractivity contribution in [3.05, 3.63) is 65.8 Å². The molecule has 29 heavy (non-hydrogen) atoms. The minimum atomic E-state index is -0.534. The number of benzene rings is 2. The maximum absolute atomic E-state index is 12.8. The summed E-state index contributed by atoms with van der Waals surface area (Å²) < 4.78 is 23.0. The fourth-order valence-corrected chi connectivity index (χ4v) is 2.40. The highest BCUT2D eigenvalue weighted by Crippen LogP contribution is 2.16. The number of hydrogen-bond donors (Lipinski definition) is 2. The van der Waals surface area contributed by atoms with Crippen molar-refractivity contribution >= 4 is 11.8 Å². The van der Waals surface area contributed by atoms with Crippen LogP contribution in [0.15, 0.2) is 53.1 Å². The monoisotopic (exact) mass is 398 g/mol. The number of halogens is 1. The van der Waals surface area contributed by atoms with E-state index in [0.717, 1.165) is 11.1 Å². The van der Waals surface area contributed by atoms with Crippen molar-refractivity contribution in [3.8, 4) is 17.1 Å². The quantitative estimate of drug-likeness (QED) is 0.563. The Morgan fingerprint density at radius 3 is 2.62 bits per heavy atom. The molecule has 1 aromatic heterocycles. The summed E-state index contributed by atoms with van der Waals surface area (Å²) in [5.74, 6) is -0.741. The van der Waals surface area contributed by atoms with Crippen LogP contribution in [-0.2, 0) is 4.79 Å². The van der Waals surface area contributed by atoms with Gasteiger partial charge in [0.15, 0.2) is 6.61 Å². The molecule has 2 aromatic carbocycles. The van der Waals surface area contributed by atoms with Crippen LogP contribution < -0.4 is 15.4 Å². The number of aromatic nitrogens is 2. The number of nitrogens with zero attached hydrogens (tertiary/aromatic N) is 2. The molecule has 0 radical (unpaired) electrons. The molecule has 0 aliphatic heterocycles. The van der Waals surface area contributed by atoms with Gasteiger partial charge >= 0.3 is 11.8 Å². The number of amides is 2. The minimum Gasteiger partial charge on any atom is -0.484 e. The standard InChI is InChI=1S/C20H19FN4O4/c1-13-3-2-4-14(11-13)18-24-20(29-25-18)19(27)23-10-9-22-17(26)12-28-16-7-5-15(21)6-8-16/h2-8,11H,9-10,12H2,1H3,(H,22,26)(H,23,27). The van der Waals surface area contributed by atoms with Crippen LogP contribution in [0.2, 0.25) is 0 Å². The highest BCUT2D eigenvalue weighted by atomic mass is 19.1. The lowest BCUT2D eigenvalue weighted by Crippen LogP contribution is -2.36. The molecular weight excluding hydrogens is 379 g/mol. The second-order valence-corrected chi connectivity index (χ2v) is 6.14.